The molecule has 1 aliphatic carbocycles. The predicted octanol–water partition coefficient (Wildman–Crippen LogP) is 3.27. The molecule has 2 heterocycles. The zero-order valence-corrected chi connectivity index (χ0v) is 16.8. The number of amides is 2. The zero-order valence-electron chi connectivity index (χ0n) is 16.8. The van der Waals surface area contributed by atoms with E-state index in [1.54, 1.807) is 19.1 Å². The molecule has 2 N–H and O–H groups in total. The van der Waals surface area contributed by atoms with Crippen LogP contribution in [0, 0.1) is 5.92 Å². The minimum atomic E-state index is -4.46. The van der Waals surface area contributed by atoms with Crippen LogP contribution in [0.25, 0.3) is 0 Å². The highest BCUT2D eigenvalue weighted by molar-refractivity contribution is 5.94. The Balaban J connectivity index is 1.65. The number of rotatable bonds is 8. The van der Waals surface area contributed by atoms with Crippen molar-refractivity contribution in [1.29, 1.82) is 0 Å². The van der Waals surface area contributed by atoms with Crippen LogP contribution in [0.1, 0.15) is 41.9 Å². The number of halogens is 3. The molecule has 1 fully saturated rings. The lowest BCUT2D eigenvalue weighted by atomic mass is 10.1. The molecule has 0 aromatic carbocycles. The van der Waals surface area contributed by atoms with Crippen molar-refractivity contribution in [3.8, 4) is 11.6 Å². The van der Waals surface area contributed by atoms with Gasteiger partial charge in [-0.05, 0) is 43.5 Å². The molecule has 166 valence electrons. The van der Waals surface area contributed by atoms with Crippen LogP contribution < -0.4 is 20.1 Å². The van der Waals surface area contributed by atoms with Crippen molar-refractivity contribution >= 4 is 17.6 Å². The number of alkyl halides is 3. The van der Waals surface area contributed by atoms with Crippen LogP contribution in [0.3, 0.4) is 0 Å². The number of carbonyl (C=O) groups is 2. The SMILES string of the molecule is COc1cc(C(C)NC(=O)c2ccc(OCC(F)(F)F)cn2)cc(NC(=O)C2CC2)n1. The number of anilines is 1. The molecule has 1 aliphatic rings. The van der Waals surface area contributed by atoms with E-state index in [2.05, 4.69) is 25.3 Å². The lowest BCUT2D eigenvalue weighted by Gasteiger charge is -2.16. The molecule has 1 atom stereocenters. The minimum Gasteiger partial charge on any atom is -0.483 e. The minimum absolute atomic E-state index is 0.00253. The second-order valence-corrected chi connectivity index (χ2v) is 7.07. The maximum Gasteiger partial charge on any atom is 0.422 e. The first-order chi connectivity index (χ1) is 14.6. The molecule has 0 bridgehead atoms. The standard InChI is InChI=1S/C20H21F3N4O4/c1-11(13-7-16(26-17(8-13)30-2)27-18(28)12-3-4-12)25-19(29)15-6-5-14(9-24-15)31-10-20(21,22)23/h5-9,11-12H,3-4,10H2,1-2H3,(H,25,29)(H,26,27,28). The third kappa shape index (κ3) is 6.56. The highest BCUT2D eigenvalue weighted by Gasteiger charge is 2.30. The number of nitrogens with zero attached hydrogens (tertiary/aromatic N) is 2. The molecule has 1 saturated carbocycles. The molecular formula is C20H21F3N4O4. The lowest BCUT2D eigenvalue weighted by molar-refractivity contribution is -0.153. The fraction of sp³-hybridized carbons (Fsp3) is 0.400. The van der Waals surface area contributed by atoms with Crippen LogP contribution in [-0.4, -0.2) is 41.7 Å². The molecule has 1 unspecified atom stereocenters. The van der Waals surface area contributed by atoms with Crippen molar-refractivity contribution in [2.75, 3.05) is 19.0 Å². The van der Waals surface area contributed by atoms with Gasteiger partial charge in [0.05, 0.1) is 19.3 Å². The summed E-state index contributed by atoms with van der Waals surface area (Å²) in [4.78, 5) is 32.5. The number of methoxy groups -OCH3 is 1. The van der Waals surface area contributed by atoms with Gasteiger partial charge in [-0.3, -0.25) is 9.59 Å². The number of nitrogens with one attached hydrogen (secondary N) is 2. The van der Waals surface area contributed by atoms with Crippen molar-refractivity contribution in [3.63, 3.8) is 0 Å². The average molecular weight is 438 g/mol. The summed E-state index contributed by atoms with van der Waals surface area (Å²) in [6.07, 6.45) is -1.72. The van der Waals surface area contributed by atoms with Crippen molar-refractivity contribution in [2.24, 2.45) is 5.92 Å². The third-order valence-electron chi connectivity index (χ3n) is 4.45. The van der Waals surface area contributed by atoms with Gasteiger partial charge in [-0.15, -0.1) is 0 Å². The number of hydrogen-bond donors (Lipinski definition) is 2. The lowest BCUT2D eigenvalue weighted by Crippen LogP contribution is -2.27. The van der Waals surface area contributed by atoms with Crippen molar-refractivity contribution in [3.05, 3.63) is 41.7 Å². The summed E-state index contributed by atoms with van der Waals surface area (Å²) < 4.78 is 46.4. The smallest absolute Gasteiger partial charge is 0.422 e. The van der Waals surface area contributed by atoms with Gasteiger partial charge in [-0.25, -0.2) is 4.98 Å². The summed E-state index contributed by atoms with van der Waals surface area (Å²) in [5.41, 5.74) is 0.644. The molecule has 2 aromatic rings. The number of hydrogen-bond acceptors (Lipinski definition) is 6. The Kier molecular flexibility index (Phi) is 6.62. The van der Waals surface area contributed by atoms with E-state index in [4.69, 9.17) is 4.74 Å². The Bertz CT molecular complexity index is 946. The number of ether oxygens (including phenoxy) is 2. The first-order valence-electron chi connectivity index (χ1n) is 9.48. The van der Waals surface area contributed by atoms with Gasteiger partial charge in [0.2, 0.25) is 11.8 Å². The third-order valence-corrected chi connectivity index (χ3v) is 4.45. The Morgan fingerprint density at radius 3 is 2.58 bits per heavy atom. The topological polar surface area (TPSA) is 102 Å². The van der Waals surface area contributed by atoms with E-state index >= 15 is 0 Å². The summed E-state index contributed by atoms with van der Waals surface area (Å²) in [6.45, 7) is 0.278. The fourth-order valence-electron chi connectivity index (χ4n) is 2.64. The summed E-state index contributed by atoms with van der Waals surface area (Å²) in [6, 6.07) is 5.26. The van der Waals surface area contributed by atoms with Crippen LogP contribution in [0.4, 0.5) is 19.0 Å². The molecule has 2 amide bonds. The quantitative estimate of drug-likeness (QED) is 0.656. The Labute approximate surface area is 176 Å². The molecule has 0 radical (unpaired) electrons. The summed E-state index contributed by atoms with van der Waals surface area (Å²) in [5, 5.41) is 5.48. The Morgan fingerprint density at radius 1 is 1.26 bits per heavy atom. The van der Waals surface area contributed by atoms with E-state index in [9.17, 15) is 22.8 Å². The molecule has 8 nitrogen and oxygen atoms in total. The van der Waals surface area contributed by atoms with E-state index in [1.807, 2.05) is 0 Å². The first kappa shape index (κ1) is 22.3. The predicted molar refractivity (Wildman–Crippen MR) is 104 cm³/mol. The molecule has 0 spiro atoms. The Morgan fingerprint density at radius 2 is 2.00 bits per heavy atom. The van der Waals surface area contributed by atoms with Crippen LogP contribution >= 0.6 is 0 Å². The largest absolute Gasteiger partial charge is 0.483 e. The van der Waals surface area contributed by atoms with Crippen molar-refractivity contribution < 1.29 is 32.2 Å². The maximum absolute atomic E-state index is 12.5. The molecular weight excluding hydrogens is 417 g/mol. The van der Waals surface area contributed by atoms with Gasteiger partial charge in [-0.1, -0.05) is 0 Å². The number of aromatic nitrogens is 2. The van der Waals surface area contributed by atoms with E-state index in [-0.39, 0.29) is 29.1 Å². The summed E-state index contributed by atoms with van der Waals surface area (Å²) >= 11 is 0. The van der Waals surface area contributed by atoms with E-state index in [1.165, 1.54) is 19.2 Å². The second kappa shape index (κ2) is 9.19. The van der Waals surface area contributed by atoms with E-state index in [0.29, 0.717) is 11.4 Å². The number of carbonyl (C=O) groups excluding carboxylic acids is 2. The zero-order chi connectivity index (χ0) is 22.6. The van der Waals surface area contributed by atoms with Gasteiger partial charge in [0.15, 0.2) is 6.61 Å². The number of pyridine rings is 2. The summed E-state index contributed by atoms with van der Waals surface area (Å²) in [7, 11) is 1.44. The normalized spacial score (nSPS) is 14.5. The molecule has 11 heteroatoms. The molecule has 2 aromatic heterocycles. The first-order valence-corrected chi connectivity index (χ1v) is 9.48. The fourth-order valence-corrected chi connectivity index (χ4v) is 2.64. The van der Waals surface area contributed by atoms with Crippen LogP contribution in [0.15, 0.2) is 30.5 Å². The van der Waals surface area contributed by atoms with Crippen molar-refractivity contribution in [2.45, 2.75) is 32.0 Å². The van der Waals surface area contributed by atoms with Gasteiger partial charge < -0.3 is 20.1 Å². The molecule has 0 saturated heterocycles. The van der Waals surface area contributed by atoms with E-state index < -0.39 is 24.7 Å². The second-order valence-electron chi connectivity index (χ2n) is 7.07. The molecule has 3 rings (SSSR count). The highest BCUT2D eigenvalue weighted by atomic mass is 19.4. The summed E-state index contributed by atoms with van der Waals surface area (Å²) in [5.74, 6) is -0.153. The van der Waals surface area contributed by atoms with Crippen LogP contribution in [-0.2, 0) is 4.79 Å². The van der Waals surface area contributed by atoms with Gasteiger partial charge in [0.25, 0.3) is 5.91 Å². The van der Waals surface area contributed by atoms with Gasteiger partial charge in [0.1, 0.15) is 17.3 Å². The maximum atomic E-state index is 12.5. The van der Waals surface area contributed by atoms with Crippen LogP contribution in [0.2, 0.25) is 0 Å². The molecule has 0 aliphatic heterocycles. The average Bonchev–Trinajstić information content (AvgIpc) is 3.57. The van der Waals surface area contributed by atoms with Crippen molar-refractivity contribution in [1.82, 2.24) is 15.3 Å². The monoisotopic (exact) mass is 438 g/mol. The Hall–Kier alpha value is -3.37. The van der Waals surface area contributed by atoms with Gasteiger partial charge in [-0.2, -0.15) is 18.2 Å². The van der Waals surface area contributed by atoms with Gasteiger partial charge >= 0.3 is 6.18 Å². The van der Waals surface area contributed by atoms with E-state index in [0.717, 1.165) is 19.0 Å². The molecule has 31 heavy (non-hydrogen) atoms. The highest BCUT2D eigenvalue weighted by Crippen LogP contribution is 2.30. The van der Waals surface area contributed by atoms with Crippen LogP contribution in [0.5, 0.6) is 11.6 Å². The van der Waals surface area contributed by atoms with Gasteiger partial charge in [0, 0.05) is 12.0 Å².